The van der Waals surface area contributed by atoms with Crippen molar-refractivity contribution in [3.05, 3.63) is 54.1 Å². The number of aryl methyl sites for hydroxylation is 1. The average Bonchev–Trinajstić information content (AvgIpc) is 3.21. The van der Waals surface area contributed by atoms with Gasteiger partial charge in [-0.2, -0.15) is 9.78 Å². The van der Waals surface area contributed by atoms with Crippen molar-refractivity contribution < 1.29 is 0 Å². The van der Waals surface area contributed by atoms with Crippen molar-refractivity contribution in [1.29, 1.82) is 0 Å². The van der Waals surface area contributed by atoms with Crippen LogP contribution in [0.1, 0.15) is 31.3 Å². The van der Waals surface area contributed by atoms with Crippen LogP contribution in [-0.4, -0.2) is 36.0 Å². The molecule has 0 saturated carbocycles. The summed E-state index contributed by atoms with van der Waals surface area (Å²) < 4.78 is 3.73. The molecule has 2 unspecified atom stereocenters. The van der Waals surface area contributed by atoms with E-state index >= 15 is 0 Å². The minimum atomic E-state index is 0.232. The lowest BCUT2D eigenvalue weighted by Gasteiger charge is -2.21. The van der Waals surface area contributed by atoms with Crippen molar-refractivity contribution in [3.8, 4) is 5.69 Å². The molecular formula is C16H21N7. The van der Waals surface area contributed by atoms with Crippen molar-refractivity contribution in [3.63, 3.8) is 0 Å². The van der Waals surface area contributed by atoms with E-state index in [0.29, 0.717) is 6.54 Å². The summed E-state index contributed by atoms with van der Waals surface area (Å²) in [4.78, 5) is 0. The molecule has 3 aromatic rings. The lowest BCUT2D eigenvalue weighted by atomic mass is 10.2. The highest BCUT2D eigenvalue weighted by Crippen LogP contribution is 2.12. The van der Waals surface area contributed by atoms with Gasteiger partial charge in [-0.15, -0.1) is 5.10 Å². The van der Waals surface area contributed by atoms with E-state index in [-0.39, 0.29) is 12.1 Å². The third-order valence-corrected chi connectivity index (χ3v) is 3.99. The van der Waals surface area contributed by atoms with Crippen LogP contribution in [0.4, 0.5) is 0 Å². The SMILES string of the molecule is Cc1cnn(C(C)C(C)NCc2nnnn2-c2ccccc2)c1. The molecule has 0 aliphatic rings. The van der Waals surface area contributed by atoms with Gasteiger partial charge in [0.15, 0.2) is 5.82 Å². The highest BCUT2D eigenvalue weighted by Gasteiger charge is 2.16. The van der Waals surface area contributed by atoms with Gasteiger partial charge in [0.2, 0.25) is 0 Å². The van der Waals surface area contributed by atoms with E-state index in [4.69, 9.17) is 0 Å². The van der Waals surface area contributed by atoms with E-state index in [1.807, 2.05) is 48.1 Å². The van der Waals surface area contributed by atoms with Gasteiger partial charge in [0.25, 0.3) is 0 Å². The van der Waals surface area contributed by atoms with Crippen molar-refractivity contribution >= 4 is 0 Å². The molecule has 1 N–H and O–H groups in total. The van der Waals surface area contributed by atoms with Crippen LogP contribution in [0, 0.1) is 6.92 Å². The van der Waals surface area contributed by atoms with E-state index in [0.717, 1.165) is 17.1 Å². The van der Waals surface area contributed by atoms with Crippen LogP contribution in [0.5, 0.6) is 0 Å². The Balaban J connectivity index is 1.66. The lowest BCUT2D eigenvalue weighted by Crippen LogP contribution is -2.34. The summed E-state index contributed by atoms with van der Waals surface area (Å²) >= 11 is 0. The van der Waals surface area contributed by atoms with Crippen LogP contribution in [0.25, 0.3) is 5.69 Å². The standard InChI is InChI=1S/C16H21N7/c1-12-9-18-22(11-12)14(3)13(2)17-10-16-19-20-21-23(16)15-7-5-4-6-8-15/h4-9,11,13-14,17H,10H2,1-3H3. The summed E-state index contributed by atoms with van der Waals surface area (Å²) in [6, 6.07) is 10.4. The van der Waals surface area contributed by atoms with Crippen LogP contribution >= 0.6 is 0 Å². The topological polar surface area (TPSA) is 73.5 Å². The van der Waals surface area contributed by atoms with Crippen molar-refractivity contribution in [2.24, 2.45) is 0 Å². The Hall–Kier alpha value is -2.54. The smallest absolute Gasteiger partial charge is 0.170 e. The maximum absolute atomic E-state index is 4.38. The maximum Gasteiger partial charge on any atom is 0.170 e. The second-order valence-corrected chi connectivity index (χ2v) is 5.75. The molecule has 2 atom stereocenters. The molecule has 7 nitrogen and oxygen atoms in total. The average molecular weight is 311 g/mol. The Morgan fingerprint density at radius 1 is 1.17 bits per heavy atom. The molecular weight excluding hydrogens is 290 g/mol. The molecule has 0 aliphatic heterocycles. The van der Waals surface area contributed by atoms with Crippen molar-refractivity contribution in [2.75, 3.05) is 0 Å². The molecule has 0 amide bonds. The van der Waals surface area contributed by atoms with Crippen LogP contribution in [0.15, 0.2) is 42.7 Å². The fourth-order valence-electron chi connectivity index (χ4n) is 2.39. The van der Waals surface area contributed by atoms with E-state index in [9.17, 15) is 0 Å². The molecule has 120 valence electrons. The highest BCUT2D eigenvalue weighted by molar-refractivity contribution is 5.30. The summed E-state index contributed by atoms with van der Waals surface area (Å²) in [5.41, 5.74) is 2.12. The van der Waals surface area contributed by atoms with Crippen LogP contribution in [0.3, 0.4) is 0 Å². The Bertz CT molecular complexity index is 747. The number of hydrogen-bond acceptors (Lipinski definition) is 5. The van der Waals surface area contributed by atoms with Gasteiger partial charge in [-0.25, -0.2) is 0 Å². The first-order valence-electron chi connectivity index (χ1n) is 7.72. The molecule has 1 aromatic carbocycles. The zero-order valence-electron chi connectivity index (χ0n) is 13.6. The van der Waals surface area contributed by atoms with Gasteiger partial charge in [-0.1, -0.05) is 18.2 Å². The maximum atomic E-state index is 4.38. The van der Waals surface area contributed by atoms with Gasteiger partial charge in [0.1, 0.15) is 0 Å². The number of rotatable bonds is 6. The quantitative estimate of drug-likeness (QED) is 0.753. The summed E-state index contributed by atoms with van der Waals surface area (Å²) in [6.45, 7) is 6.92. The van der Waals surface area contributed by atoms with Gasteiger partial charge >= 0.3 is 0 Å². The first-order chi connectivity index (χ1) is 11.1. The van der Waals surface area contributed by atoms with Gasteiger partial charge in [0.05, 0.1) is 24.5 Å². The van der Waals surface area contributed by atoms with Crippen LogP contribution in [0.2, 0.25) is 0 Å². The number of tetrazole rings is 1. The fourth-order valence-corrected chi connectivity index (χ4v) is 2.39. The molecule has 0 saturated heterocycles. The summed E-state index contributed by atoms with van der Waals surface area (Å²) in [5.74, 6) is 0.784. The van der Waals surface area contributed by atoms with Crippen LogP contribution in [-0.2, 0) is 6.54 Å². The number of aromatic nitrogens is 6. The molecule has 0 fully saturated rings. The summed E-state index contributed by atoms with van der Waals surface area (Å²) in [6.07, 6.45) is 3.93. The van der Waals surface area contributed by atoms with E-state index in [1.165, 1.54) is 0 Å². The fraction of sp³-hybridized carbons (Fsp3) is 0.375. The number of para-hydroxylation sites is 1. The zero-order valence-corrected chi connectivity index (χ0v) is 13.6. The van der Waals surface area contributed by atoms with Crippen LogP contribution < -0.4 is 5.32 Å². The molecule has 2 heterocycles. The Morgan fingerprint density at radius 3 is 2.65 bits per heavy atom. The largest absolute Gasteiger partial charge is 0.305 e. The Kier molecular flexibility index (Phi) is 4.47. The second kappa shape index (κ2) is 6.70. The number of nitrogens with zero attached hydrogens (tertiary/aromatic N) is 6. The molecule has 0 aliphatic carbocycles. The highest BCUT2D eigenvalue weighted by atomic mass is 15.5. The first-order valence-corrected chi connectivity index (χ1v) is 7.72. The van der Waals surface area contributed by atoms with Gasteiger partial charge in [-0.3, -0.25) is 4.68 Å². The first kappa shape index (κ1) is 15.4. The number of nitrogens with one attached hydrogen (secondary N) is 1. The van der Waals surface area contributed by atoms with Gasteiger partial charge < -0.3 is 5.32 Å². The van der Waals surface area contributed by atoms with Gasteiger partial charge in [-0.05, 0) is 48.9 Å². The zero-order chi connectivity index (χ0) is 16.2. The third-order valence-electron chi connectivity index (χ3n) is 3.99. The molecule has 7 heteroatoms. The number of hydrogen-bond donors (Lipinski definition) is 1. The second-order valence-electron chi connectivity index (χ2n) is 5.75. The predicted octanol–water partition coefficient (Wildman–Crippen LogP) is 1.91. The van der Waals surface area contributed by atoms with Crippen molar-refractivity contribution in [2.45, 2.75) is 39.4 Å². The lowest BCUT2D eigenvalue weighted by molar-refractivity contribution is 0.361. The summed E-state index contributed by atoms with van der Waals surface area (Å²) in [5, 5.41) is 19.8. The van der Waals surface area contributed by atoms with Gasteiger partial charge in [0, 0.05) is 12.2 Å². The molecule has 3 rings (SSSR count). The van der Waals surface area contributed by atoms with Crippen molar-refractivity contribution in [1.82, 2.24) is 35.3 Å². The molecule has 0 radical (unpaired) electrons. The molecule has 0 bridgehead atoms. The molecule has 2 aromatic heterocycles. The summed E-state index contributed by atoms with van der Waals surface area (Å²) in [7, 11) is 0. The monoisotopic (exact) mass is 311 g/mol. The molecule has 23 heavy (non-hydrogen) atoms. The predicted molar refractivity (Wildman–Crippen MR) is 87.1 cm³/mol. The molecule has 0 spiro atoms. The Labute approximate surface area is 135 Å². The van der Waals surface area contributed by atoms with E-state index in [1.54, 1.807) is 4.68 Å². The van der Waals surface area contributed by atoms with E-state index < -0.39 is 0 Å². The third kappa shape index (κ3) is 3.45. The Morgan fingerprint density at radius 2 is 1.96 bits per heavy atom. The normalized spacial score (nSPS) is 13.9. The number of benzene rings is 1. The minimum absolute atomic E-state index is 0.232. The minimum Gasteiger partial charge on any atom is -0.305 e. The van der Waals surface area contributed by atoms with E-state index in [2.05, 4.69) is 46.0 Å².